The molecule has 0 bridgehead atoms. The number of nitrogens with one attached hydrogen (secondary N) is 1. The van der Waals surface area contributed by atoms with Crippen molar-refractivity contribution in [2.24, 2.45) is 5.92 Å². The Morgan fingerprint density at radius 1 is 1.39 bits per heavy atom. The number of anilines is 2. The average Bonchev–Trinajstić information content (AvgIpc) is 2.36. The molecule has 0 heterocycles. The van der Waals surface area contributed by atoms with Crippen LogP contribution in [-0.4, -0.2) is 6.04 Å². The number of rotatable bonds is 3. The topological polar surface area (TPSA) is 38.0 Å². The second-order valence-electron chi connectivity index (χ2n) is 5.06. The van der Waals surface area contributed by atoms with Gasteiger partial charge in [-0.3, -0.25) is 0 Å². The van der Waals surface area contributed by atoms with Crippen LogP contribution in [0.25, 0.3) is 0 Å². The van der Waals surface area contributed by atoms with Gasteiger partial charge in [0.05, 0.1) is 16.4 Å². The van der Waals surface area contributed by atoms with Crippen LogP contribution >= 0.6 is 11.6 Å². The fourth-order valence-corrected chi connectivity index (χ4v) is 2.94. The third kappa shape index (κ3) is 2.89. The Morgan fingerprint density at radius 3 is 2.83 bits per heavy atom. The molecule has 4 heteroatoms. The first-order valence-corrected chi connectivity index (χ1v) is 7.00. The maximum absolute atomic E-state index is 13.2. The van der Waals surface area contributed by atoms with Crippen molar-refractivity contribution in [1.29, 1.82) is 0 Å². The van der Waals surface area contributed by atoms with Crippen LogP contribution in [0.15, 0.2) is 12.1 Å². The first-order chi connectivity index (χ1) is 8.61. The molecule has 1 aromatic carbocycles. The predicted molar refractivity (Wildman–Crippen MR) is 75.5 cm³/mol. The SMILES string of the molecule is CCC1CCCCC1Nc1cc(Cl)c(F)cc1N. The molecule has 1 aromatic rings. The molecule has 1 saturated carbocycles. The minimum absolute atomic E-state index is 0.121. The van der Waals surface area contributed by atoms with E-state index in [0.717, 1.165) is 18.5 Å². The highest BCUT2D eigenvalue weighted by Crippen LogP contribution is 2.32. The van der Waals surface area contributed by atoms with Crippen molar-refractivity contribution in [3.8, 4) is 0 Å². The Kier molecular flexibility index (Phi) is 4.33. The minimum Gasteiger partial charge on any atom is -0.397 e. The van der Waals surface area contributed by atoms with Gasteiger partial charge in [-0.1, -0.05) is 37.8 Å². The molecule has 2 unspecified atom stereocenters. The normalized spacial score (nSPS) is 23.9. The van der Waals surface area contributed by atoms with Gasteiger partial charge in [0.2, 0.25) is 0 Å². The smallest absolute Gasteiger partial charge is 0.143 e. The second-order valence-corrected chi connectivity index (χ2v) is 5.46. The summed E-state index contributed by atoms with van der Waals surface area (Å²) in [6.07, 6.45) is 6.10. The monoisotopic (exact) mass is 270 g/mol. The number of benzene rings is 1. The Morgan fingerprint density at radius 2 is 2.11 bits per heavy atom. The Hall–Kier alpha value is -0.960. The summed E-state index contributed by atoms with van der Waals surface area (Å²) < 4.78 is 13.2. The largest absolute Gasteiger partial charge is 0.397 e. The van der Waals surface area contributed by atoms with Crippen LogP contribution < -0.4 is 11.1 Å². The highest BCUT2D eigenvalue weighted by molar-refractivity contribution is 6.31. The molecule has 0 saturated heterocycles. The Labute approximate surface area is 113 Å². The van der Waals surface area contributed by atoms with E-state index in [1.54, 1.807) is 6.07 Å². The fourth-order valence-electron chi connectivity index (χ4n) is 2.77. The molecule has 2 atom stereocenters. The van der Waals surface area contributed by atoms with Crippen molar-refractivity contribution < 1.29 is 4.39 Å². The quantitative estimate of drug-likeness (QED) is 0.797. The van der Waals surface area contributed by atoms with Crippen LogP contribution in [-0.2, 0) is 0 Å². The molecule has 100 valence electrons. The first-order valence-electron chi connectivity index (χ1n) is 6.63. The van der Waals surface area contributed by atoms with E-state index in [0.29, 0.717) is 17.6 Å². The Balaban J connectivity index is 2.15. The zero-order chi connectivity index (χ0) is 13.1. The van der Waals surface area contributed by atoms with Crippen molar-refractivity contribution in [1.82, 2.24) is 0 Å². The molecule has 0 radical (unpaired) electrons. The highest BCUT2D eigenvalue weighted by atomic mass is 35.5. The van der Waals surface area contributed by atoms with Crippen LogP contribution in [0.4, 0.5) is 15.8 Å². The van der Waals surface area contributed by atoms with Crippen LogP contribution in [0.5, 0.6) is 0 Å². The van der Waals surface area contributed by atoms with Gasteiger partial charge in [-0.25, -0.2) is 4.39 Å². The lowest BCUT2D eigenvalue weighted by atomic mass is 9.83. The summed E-state index contributed by atoms with van der Waals surface area (Å²) in [5.41, 5.74) is 7.02. The van der Waals surface area contributed by atoms with E-state index < -0.39 is 5.82 Å². The van der Waals surface area contributed by atoms with Crippen molar-refractivity contribution in [2.45, 2.75) is 45.1 Å². The summed E-state index contributed by atoms with van der Waals surface area (Å²) in [6, 6.07) is 3.30. The third-order valence-corrected chi connectivity index (χ3v) is 4.16. The number of halogens is 2. The fraction of sp³-hybridized carbons (Fsp3) is 0.571. The van der Waals surface area contributed by atoms with Gasteiger partial charge in [-0.05, 0) is 24.8 Å². The maximum atomic E-state index is 13.2. The van der Waals surface area contributed by atoms with Gasteiger partial charge in [-0.2, -0.15) is 0 Å². The maximum Gasteiger partial charge on any atom is 0.143 e. The van der Waals surface area contributed by atoms with Gasteiger partial charge in [0.1, 0.15) is 5.82 Å². The van der Waals surface area contributed by atoms with E-state index in [4.69, 9.17) is 17.3 Å². The van der Waals surface area contributed by atoms with Crippen LogP contribution in [0, 0.1) is 11.7 Å². The van der Waals surface area contributed by atoms with Crippen molar-refractivity contribution in [3.05, 3.63) is 23.0 Å². The van der Waals surface area contributed by atoms with Crippen LogP contribution in [0.2, 0.25) is 5.02 Å². The van der Waals surface area contributed by atoms with Gasteiger partial charge >= 0.3 is 0 Å². The number of nitrogen functional groups attached to an aromatic ring is 1. The molecule has 0 spiro atoms. The molecule has 3 N–H and O–H groups in total. The summed E-state index contributed by atoms with van der Waals surface area (Å²) in [6.45, 7) is 2.21. The van der Waals surface area contributed by atoms with E-state index in [-0.39, 0.29) is 5.02 Å². The standard InChI is InChI=1S/C14H20ClFN2/c1-2-9-5-3-4-6-13(9)18-14-7-10(15)11(16)8-12(14)17/h7-9,13,18H,2-6,17H2,1H3. The molecule has 1 fully saturated rings. The number of hydrogen-bond acceptors (Lipinski definition) is 2. The molecule has 2 nitrogen and oxygen atoms in total. The molecular formula is C14H20ClFN2. The van der Waals surface area contributed by atoms with Gasteiger partial charge in [0, 0.05) is 12.1 Å². The van der Waals surface area contributed by atoms with E-state index in [1.807, 2.05) is 0 Å². The minimum atomic E-state index is -0.463. The van der Waals surface area contributed by atoms with Gasteiger partial charge < -0.3 is 11.1 Å². The van der Waals surface area contributed by atoms with E-state index in [2.05, 4.69) is 12.2 Å². The zero-order valence-electron chi connectivity index (χ0n) is 10.7. The molecule has 0 aliphatic heterocycles. The van der Waals surface area contributed by atoms with E-state index in [9.17, 15) is 4.39 Å². The lowest BCUT2D eigenvalue weighted by molar-refractivity contribution is 0.317. The third-order valence-electron chi connectivity index (χ3n) is 3.87. The summed E-state index contributed by atoms with van der Waals surface area (Å²) in [4.78, 5) is 0. The highest BCUT2D eigenvalue weighted by Gasteiger charge is 2.24. The number of hydrogen-bond donors (Lipinski definition) is 2. The lowest BCUT2D eigenvalue weighted by Crippen LogP contribution is -2.32. The molecule has 18 heavy (non-hydrogen) atoms. The first kappa shape index (κ1) is 13.5. The predicted octanol–water partition coefficient (Wildman–Crippen LogP) is 4.44. The molecule has 0 amide bonds. The lowest BCUT2D eigenvalue weighted by Gasteiger charge is -2.32. The second kappa shape index (κ2) is 5.79. The molecule has 1 aliphatic carbocycles. The summed E-state index contributed by atoms with van der Waals surface area (Å²) >= 11 is 5.80. The molecular weight excluding hydrogens is 251 g/mol. The molecule has 2 rings (SSSR count). The zero-order valence-corrected chi connectivity index (χ0v) is 11.4. The van der Waals surface area contributed by atoms with Gasteiger partial charge in [-0.15, -0.1) is 0 Å². The van der Waals surface area contributed by atoms with Crippen LogP contribution in [0.1, 0.15) is 39.0 Å². The van der Waals surface area contributed by atoms with Crippen molar-refractivity contribution in [2.75, 3.05) is 11.1 Å². The van der Waals surface area contributed by atoms with Gasteiger partial charge in [0.25, 0.3) is 0 Å². The van der Waals surface area contributed by atoms with Crippen LogP contribution in [0.3, 0.4) is 0 Å². The van der Waals surface area contributed by atoms with E-state index >= 15 is 0 Å². The van der Waals surface area contributed by atoms with Crippen molar-refractivity contribution >= 4 is 23.0 Å². The summed E-state index contributed by atoms with van der Waals surface area (Å²) in [5, 5.41) is 3.56. The van der Waals surface area contributed by atoms with Gasteiger partial charge in [0.15, 0.2) is 0 Å². The Bertz CT molecular complexity index is 423. The summed E-state index contributed by atoms with van der Waals surface area (Å²) in [7, 11) is 0. The summed E-state index contributed by atoms with van der Waals surface area (Å²) in [5.74, 6) is 0.206. The molecule has 1 aliphatic rings. The average molecular weight is 271 g/mol. The number of nitrogens with two attached hydrogens (primary N) is 1. The van der Waals surface area contributed by atoms with Crippen molar-refractivity contribution in [3.63, 3.8) is 0 Å². The van der Waals surface area contributed by atoms with E-state index in [1.165, 1.54) is 25.3 Å². The molecule has 0 aromatic heterocycles.